The number of nitrogens with one attached hydrogen (secondary N) is 1. The van der Waals surface area contributed by atoms with Crippen LogP contribution in [-0.2, 0) is 6.54 Å². The molecule has 102 valence electrons. The molecule has 0 spiro atoms. The van der Waals surface area contributed by atoms with Crippen molar-refractivity contribution in [2.24, 2.45) is 0 Å². The van der Waals surface area contributed by atoms with Crippen LogP contribution in [0.3, 0.4) is 0 Å². The van der Waals surface area contributed by atoms with Gasteiger partial charge in [0.25, 0.3) is 0 Å². The molecule has 1 aliphatic heterocycles. The zero-order chi connectivity index (χ0) is 13.2. The van der Waals surface area contributed by atoms with Crippen molar-refractivity contribution in [3.63, 3.8) is 0 Å². The van der Waals surface area contributed by atoms with Crippen LogP contribution in [0.25, 0.3) is 5.65 Å². The van der Waals surface area contributed by atoms with Gasteiger partial charge < -0.3 is 14.6 Å². The van der Waals surface area contributed by atoms with Crippen molar-refractivity contribution in [1.29, 1.82) is 0 Å². The molecule has 0 radical (unpaired) electrons. The number of hydrogen-bond donors (Lipinski definition) is 1. The van der Waals surface area contributed by atoms with Gasteiger partial charge in [0.2, 0.25) is 0 Å². The van der Waals surface area contributed by atoms with E-state index in [1.54, 1.807) is 0 Å². The number of fused-ring (bicyclic) bond motifs is 1. The van der Waals surface area contributed by atoms with Crippen LogP contribution >= 0.6 is 11.8 Å². The molecule has 4 nitrogen and oxygen atoms in total. The van der Waals surface area contributed by atoms with E-state index in [1.165, 1.54) is 23.6 Å². The summed E-state index contributed by atoms with van der Waals surface area (Å²) in [6.07, 6.45) is 3.35. The number of anilines is 1. The fourth-order valence-corrected chi connectivity index (χ4v) is 3.92. The molecular weight excluding hydrogens is 256 g/mol. The second kappa shape index (κ2) is 5.43. The number of aromatic nitrogens is 2. The average Bonchev–Trinajstić information content (AvgIpc) is 3.06. The van der Waals surface area contributed by atoms with Gasteiger partial charge >= 0.3 is 0 Å². The van der Waals surface area contributed by atoms with E-state index in [-0.39, 0.29) is 0 Å². The lowest BCUT2D eigenvalue weighted by molar-refractivity contribution is 0.683. The van der Waals surface area contributed by atoms with Gasteiger partial charge in [-0.3, -0.25) is 0 Å². The summed E-state index contributed by atoms with van der Waals surface area (Å²) in [7, 11) is 4.16. The Kier molecular flexibility index (Phi) is 3.66. The second-order valence-corrected chi connectivity index (χ2v) is 6.12. The third-order valence-electron chi connectivity index (χ3n) is 3.74. The average molecular weight is 276 g/mol. The quantitative estimate of drug-likeness (QED) is 0.926. The van der Waals surface area contributed by atoms with Gasteiger partial charge in [-0.2, -0.15) is 11.8 Å². The molecule has 3 rings (SSSR count). The maximum Gasteiger partial charge on any atom is 0.152 e. The monoisotopic (exact) mass is 276 g/mol. The molecule has 1 aliphatic rings. The molecule has 1 unspecified atom stereocenters. The SMILES string of the molecule is CNCc1c(N(C)C2CCSC2)nc2ccccn12. The first-order valence-electron chi connectivity index (χ1n) is 6.72. The Hall–Kier alpha value is -1.20. The van der Waals surface area contributed by atoms with Crippen molar-refractivity contribution in [2.45, 2.75) is 19.0 Å². The molecule has 1 fully saturated rings. The van der Waals surface area contributed by atoms with Crippen molar-refractivity contribution in [2.75, 3.05) is 30.5 Å². The molecule has 0 aromatic carbocycles. The third kappa shape index (κ3) is 2.32. The van der Waals surface area contributed by atoms with Gasteiger partial charge in [-0.1, -0.05) is 6.07 Å². The predicted octanol–water partition coefficient (Wildman–Crippen LogP) is 2.00. The lowest BCUT2D eigenvalue weighted by atomic mass is 10.2. The fraction of sp³-hybridized carbons (Fsp3) is 0.500. The highest BCUT2D eigenvalue weighted by Gasteiger charge is 2.24. The minimum atomic E-state index is 0.616. The van der Waals surface area contributed by atoms with E-state index in [0.717, 1.165) is 18.0 Å². The summed E-state index contributed by atoms with van der Waals surface area (Å²) in [5.74, 6) is 3.60. The molecule has 0 bridgehead atoms. The largest absolute Gasteiger partial charge is 0.354 e. The number of imidazole rings is 1. The fourth-order valence-electron chi connectivity index (χ4n) is 2.65. The summed E-state index contributed by atoms with van der Waals surface area (Å²) < 4.78 is 2.18. The molecule has 19 heavy (non-hydrogen) atoms. The van der Waals surface area contributed by atoms with E-state index in [9.17, 15) is 0 Å². The third-order valence-corrected chi connectivity index (χ3v) is 4.88. The summed E-state index contributed by atoms with van der Waals surface area (Å²) in [5.41, 5.74) is 2.28. The highest BCUT2D eigenvalue weighted by atomic mass is 32.2. The molecule has 0 saturated carbocycles. The van der Waals surface area contributed by atoms with Crippen LogP contribution in [0.15, 0.2) is 24.4 Å². The van der Waals surface area contributed by atoms with E-state index in [1.807, 2.05) is 24.9 Å². The van der Waals surface area contributed by atoms with Gasteiger partial charge in [0.1, 0.15) is 5.65 Å². The molecule has 0 amide bonds. The molecule has 2 aromatic rings. The van der Waals surface area contributed by atoms with Crippen LogP contribution in [0.5, 0.6) is 0 Å². The Morgan fingerprint density at radius 2 is 2.42 bits per heavy atom. The number of nitrogens with zero attached hydrogens (tertiary/aromatic N) is 3. The van der Waals surface area contributed by atoms with Crippen molar-refractivity contribution in [1.82, 2.24) is 14.7 Å². The zero-order valence-corrected chi connectivity index (χ0v) is 12.3. The smallest absolute Gasteiger partial charge is 0.152 e. The van der Waals surface area contributed by atoms with Crippen molar-refractivity contribution in [3.8, 4) is 0 Å². The van der Waals surface area contributed by atoms with Gasteiger partial charge in [0.05, 0.1) is 5.69 Å². The molecule has 1 atom stereocenters. The number of thioether (sulfide) groups is 1. The van der Waals surface area contributed by atoms with Crippen LogP contribution in [0.2, 0.25) is 0 Å². The predicted molar refractivity (Wildman–Crippen MR) is 82.1 cm³/mol. The summed E-state index contributed by atoms with van der Waals surface area (Å²) in [6.45, 7) is 0.838. The Labute approximate surface area is 118 Å². The summed E-state index contributed by atoms with van der Waals surface area (Å²) >= 11 is 2.04. The lowest BCUT2D eigenvalue weighted by Gasteiger charge is -2.24. The summed E-state index contributed by atoms with van der Waals surface area (Å²) in [4.78, 5) is 7.18. The number of rotatable bonds is 4. The Morgan fingerprint density at radius 1 is 1.53 bits per heavy atom. The maximum absolute atomic E-state index is 4.82. The topological polar surface area (TPSA) is 32.6 Å². The molecule has 2 aromatic heterocycles. The lowest BCUT2D eigenvalue weighted by Crippen LogP contribution is -2.32. The standard InChI is InChI=1S/C14H20N4S/c1-15-9-12-14(17(2)11-6-8-19-10-11)16-13-5-3-4-7-18(12)13/h3-5,7,11,15H,6,8-10H2,1-2H3. The van der Waals surface area contributed by atoms with E-state index in [0.29, 0.717) is 6.04 Å². The van der Waals surface area contributed by atoms with Crippen molar-refractivity contribution in [3.05, 3.63) is 30.1 Å². The maximum atomic E-state index is 4.82. The van der Waals surface area contributed by atoms with E-state index in [4.69, 9.17) is 4.98 Å². The van der Waals surface area contributed by atoms with Crippen LogP contribution in [0, 0.1) is 0 Å². The highest BCUT2D eigenvalue weighted by Crippen LogP contribution is 2.28. The van der Waals surface area contributed by atoms with Gasteiger partial charge in [-0.25, -0.2) is 4.98 Å². The van der Waals surface area contributed by atoms with Crippen molar-refractivity contribution < 1.29 is 0 Å². The molecule has 1 N–H and O–H groups in total. The van der Waals surface area contributed by atoms with Gasteiger partial charge in [0, 0.05) is 31.6 Å². The number of hydrogen-bond acceptors (Lipinski definition) is 4. The van der Waals surface area contributed by atoms with E-state index >= 15 is 0 Å². The van der Waals surface area contributed by atoms with Crippen molar-refractivity contribution >= 4 is 23.2 Å². The number of pyridine rings is 1. The second-order valence-electron chi connectivity index (χ2n) is 4.97. The van der Waals surface area contributed by atoms with Gasteiger partial charge in [-0.15, -0.1) is 0 Å². The molecule has 0 aliphatic carbocycles. The zero-order valence-electron chi connectivity index (χ0n) is 11.5. The van der Waals surface area contributed by atoms with Crippen LogP contribution < -0.4 is 10.2 Å². The molecule has 5 heteroatoms. The first-order chi connectivity index (χ1) is 9.31. The normalized spacial score (nSPS) is 19.2. The first-order valence-corrected chi connectivity index (χ1v) is 7.88. The minimum Gasteiger partial charge on any atom is -0.354 e. The molecule has 1 saturated heterocycles. The van der Waals surface area contributed by atoms with Gasteiger partial charge in [-0.05, 0) is 31.4 Å². The minimum absolute atomic E-state index is 0.616. The van der Waals surface area contributed by atoms with Crippen LogP contribution in [0.1, 0.15) is 12.1 Å². The summed E-state index contributed by atoms with van der Waals surface area (Å²) in [6, 6.07) is 6.79. The Bertz CT molecular complexity index is 560. The van der Waals surface area contributed by atoms with Gasteiger partial charge in [0.15, 0.2) is 5.82 Å². The first kappa shape index (κ1) is 12.8. The highest BCUT2D eigenvalue weighted by molar-refractivity contribution is 7.99. The molecular formula is C14H20N4S. The van der Waals surface area contributed by atoms with Crippen LogP contribution in [0.4, 0.5) is 5.82 Å². The summed E-state index contributed by atoms with van der Waals surface area (Å²) in [5, 5.41) is 3.26. The van der Waals surface area contributed by atoms with Crippen LogP contribution in [-0.4, -0.2) is 41.0 Å². The Morgan fingerprint density at radius 3 is 3.16 bits per heavy atom. The van der Waals surface area contributed by atoms with E-state index < -0.39 is 0 Å². The molecule has 3 heterocycles. The van der Waals surface area contributed by atoms with E-state index in [2.05, 4.69) is 40.0 Å². The Balaban J connectivity index is 2.03.